The smallest absolute Gasteiger partial charge is 0.405 e. The van der Waals surface area contributed by atoms with Gasteiger partial charge in [0.15, 0.2) is 11.4 Å². The minimum atomic E-state index is -4.47. The number of ether oxygens (including phenoxy) is 4. The predicted octanol–water partition coefficient (Wildman–Crippen LogP) is 4.28. The molecule has 0 aliphatic carbocycles. The normalized spacial score (nSPS) is 14.8. The molecule has 0 radical (unpaired) electrons. The van der Waals surface area contributed by atoms with Crippen LogP contribution in [0.15, 0.2) is 89.2 Å². The molecule has 28 heteroatoms. The Morgan fingerprint density at radius 1 is 0.866 bits per heavy atom. The predicted molar refractivity (Wildman–Crippen MR) is 292 cm³/mol. The highest BCUT2D eigenvalue weighted by molar-refractivity contribution is 7.13. The van der Waals surface area contributed by atoms with Crippen LogP contribution in [-0.4, -0.2) is 167 Å². The Kier molecular flexibility index (Phi) is 21.4. The first-order valence-corrected chi connectivity index (χ1v) is 26.7. The molecule has 438 valence electrons. The summed E-state index contributed by atoms with van der Waals surface area (Å²) in [4.78, 5) is 93.2. The number of aryl methyl sites for hydroxylation is 1. The Balaban J connectivity index is 0.734. The van der Waals surface area contributed by atoms with E-state index in [0.29, 0.717) is 11.3 Å². The van der Waals surface area contributed by atoms with E-state index in [2.05, 4.69) is 46.6 Å². The molecule has 1 fully saturated rings. The van der Waals surface area contributed by atoms with Gasteiger partial charge < -0.3 is 65.7 Å². The van der Waals surface area contributed by atoms with Crippen molar-refractivity contribution in [1.82, 2.24) is 45.6 Å². The fourth-order valence-corrected chi connectivity index (χ4v) is 9.05. The lowest BCUT2D eigenvalue weighted by Crippen LogP contribution is -2.58. The van der Waals surface area contributed by atoms with Crippen molar-refractivity contribution < 1.29 is 70.4 Å². The zero-order valence-corrected chi connectivity index (χ0v) is 46.1. The number of benzene rings is 2. The molecule has 6 amide bonds. The molecule has 5 heterocycles. The van der Waals surface area contributed by atoms with Crippen molar-refractivity contribution in [3.63, 3.8) is 0 Å². The van der Waals surface area contributed by atoms with Crippen LogP contribution in [0.3, 0.4) is 0 Å². The van der Waals surface area contributed by atoms with Crippen LogP contribution < -0.4 is 32.3 Å². The number of rotatable bonds is 28. The number of anilines is 2. The highest BCUT2D eigenvalue weighted by Gasteiger charge is 2.44. The molecule has 0 unspecified atom stereocenters. The summed E-state index contributed by atoms with van der Waals surface area (Å²) in [7, 11) is 0. The number of aromatic nitrogens is 5. The Morgan fingerprint density at radius 2 is 1.55 bits per heavy atom. The molecule has 4 aromatic heterocycles. The minimum absolute atomic E-state index is 0.0512. The number of carbonyl (C=O) groups excluding carboxylic acids is 6. The second-order valence-corrected chi connectivity index (χ2v) is 20.6. The Labute approximate surface area is 472 Å². The lowest BCUT2D eigenvalue weighted by Gasteiger charge is -2.35. The number of pyridine rings is 1. The molecule has 0 spiro atoms. The van der Waals surface area contributed by atoms with Crippen LogP contribution in [0.5, 0.6) is 0 Å². The molecular weight excluding hydrogens is 1100 g/mol. The van der Waals surface area contributed by atoms with Crippen molar-refractivity contribution >= 4 is 58.3 Å². The lowest BCUT2D eigenvalue weighted by atomic mass is 9.85. The third kappa shape index (κ3) is 17.7. The van der Waals surface area contributed by atoms with Gasteiger partial charge in [-0.25, -0.2) is 19.6 Å². The molecule has 1 aliphatic heterocycles. The molecule has 8 N–H and O–H groups in total. The van der Waals surface area contributed by atoms with E-state index in [9.17, 15) is 47.0 Å². The summed E-state index contributed by atoms with van der Waals surface area (Å²) in [6.07, 6.45) is -1.71. The van der Waals surface area contributed by atoms with Crippen molar-refractivity contribution in [3.05, 3.63) is 113 Å². The molecule has 2 aromatic carbocycles. The molecular formula is C54H63F3N12O12S. The number of alkyl halides is 3. The van der Waals surface area contributed by atoms with Crippen molar-refractivity contribution in [2.75, 3.05) is 83.1 Å². The lowest BCUT2D eigenvalue weighted by molar-refractivity contribution is -0.144. The maximum absolute atomic E-state index is 13.9. The molecule has 1 saturated heterocycles. The van der Waals surface area contributed by atoms with E-state index in [-0.39, 0.29) is 119 Å². The number of nitrogens with zero attached hydrogens (tertiary/aromatic N) is 6. The topological polar surface area (TPSA) is 319 Å². The zero-order valence-electron chi connectivity index (χ0n) is 45.2. The summed E-state index contributed by atoms with van der Waals surface area (Å²) >= 11 is 1.55. The van der Waals surface area contributed by atoms with E-state index < -0.39 is 65.9 Å². The van der Waals surface area contributed by atoms with E-state index >= 15 is 0 Å². The van der Waals surface area contributed by atoms with E-state index in [1.54, 1.807) is 49.8 Å². The third-order valence-corrected chi connectivity index (χ3v) is 13.4. The number of oxazole rings is 1. The number of halogens is 3. The van der Waals surface area contributed by atoms with Gasteiger partial charge in [-0.15, -0.1) is 11.3 Å². The number of likely N-dealkylation sites (tertiary alicyclic amines) is 1. The molecule has 0 saturated carbocycles. The summed E-state index contributed by atoms with van der Waals surface area (Å²) in [6, 6.07) is 14.7. The number of β-amino-alcohol motifs (C(OH)–C–C–N with tert-alkyl or cyclic N) is 1. The summed E-state index contributed by atoms with van der Waals surface area (Å²) in [6.45, 7) is 7.53. The summed E-state index contributed by atoms with van der Waals surface area (Å²) in [5, 5.41) is 27.8. The van der Waals surface area contributed by atoms with E-state index in [4.69, 9.17) is 29.1 Å². The highest BCUT2D eigenvalue weighted by atomic mass is 32.1. The number of hydrogen-bond donors (Lipinski definition) is 7. The number of amides is 6. The number of primary amides is 1. The second-order valence-electron chi connectivity index (χ2n) is 19.7. The third-order valence-electron chi connectivity index (χ3n) is 12.4. The van der Waals surface area contributed by atoms with Crippen LogP contribution in [0.1, 0.15) is 69.8 Å². The van der Waals surface area contributed by atoms with E-state index in [1.807, 2.05) is 31.2 Å². The number of thiazole rings is 1. The van der Waals surface area contributed by atoms with Crippen LogP contribution in [0.25, 0.3) is 27.6 Å². The van der Waals surface area contributed by atoms with Gasteiger partial charge in [-0.2, -0.15) is 18.3 Å². The van der Waals surface area contributed by atoms with Gasteiger partial charge in [0, 0.05) is 43.4 Å². The zero-order chi connectivity index (χ0) is 59.0. The second kappa shape index (κ2) is 28.5. The first kappa shape index (κ1) is 61.5. The van der Waals surface area contributed by atoms with Gasteiger partial charge in [0.1, 0.15) is 37.3 Å². The van der Waals surface area contributed by atoms with Gasteiger partial charge in [0.05, 0.1) is 86.0 Å². The van der Waals surface area contributed by atoms with E-state index in [0.717, 1.165) is 28.0 Å². The number of nitrogens with one attached hydrogen (secondary N) is 5. The molecule has 7 rings (SSSR count). The number of aliphatic hydroxyl groups is 1. The van der Waals surface area contributed by atoms with E-state index in [1.165, 1.54) is 46.2 Å². The van der Waals surface area contributed by atoms with Gasteiger partial charge in [-0.1, -0.05) is 45.0 Å². The molecule has 3 atom stereocenters. The fraction of sp³-hybridized carbons (Fsp3) is 0.407. The van der Waals surface area contributed by atoms with Gasteiger partial charge in [-0.05, 0) is 59.9 Å². The van der Waals surface area contributed by atoms with Crippen LogP contribution in [0.4, 0.5) is 24.7 Å². The molecule has 1 aliphatic rings. The van der Waals surface area contributed by atoms with Crippen LogP contribution in [0, 0.1) is 12.3 Å². The SMILES string of the molecule is Cc1ncsc1-c1ccc(CNC(=O)[C@@H]2C[C@@H](O)CN2C(=O)[C@@H](NC(=O)COCCOCCOCCOCCNC(=O)c2ccc(-n3cc(NC(=O)c4coc(-c5ccnc(NCC(F)(F)F)c5)n4)c(C(N)=O)n3)cc2)C(C)(C)C)cc1. The number of aliphatic hydroxyl groups excluding tert-OH is 1. The minimum Gasteiger partial charge on any atom is -0.444 e. The monoisotopic (exact) mass is 1160 g/mol. The van der Waals surface area contributed by atoms with Crippen molar-refractivity contribution in [2.45, 2.75) is 65.0 Å². The first-order chi connectivity index (χ1) is 39.1. The standard InChI is InChI=1S/C54H63F3N12O12S/c1-32-45(82-31-63-32)34-7-5-33(6-8-34)25-61-50(75)41-24-38(70)26-68(41)52(76)46(53(2,3)4)66-43(71)29-80-22-21-79-20-19-78-18-17-77-16-15-60-48(73)35-9-11-37(12-10-35)69-27-39(44(67-69)47(58)72)64-49(74)40-28-81-51(65-40)36-13-14-59-42(23-36)62-30-54(55,56)57/h5-14,23,27-28,31,38,41,46,70H,15-22,24-26,29-30H2,1-4H3,(H2,58,72)(H,59,62)(H,60,73)(H,61,75)(H,64,74)(H,66,71)/t38-,41+,46-/m1/s1. The van der Waals surface area contributed by atoms with Gasteiger partial charge >= 0.3 is 6.18 Å². The van der Waals surface area contributed by atoms with Crippen molar-refractivity contribution in [3.8, 4) is 27.6 Å². The van der Waals surface area contributed by atoms with Gasteiger partial charge in [0.25, 0.3) is 17.7 Å². The number of nitrogens with two attached hydrogens (primary N) is 1. The first-order valence-electron chi connectivity index (χ1n) is 25.8. The summed E-state index contributed by atoms with van der Waals surface area (Å²) < 4.78 is 66.7. The van der Waals surface area contributed by atoms with Crippen LogP contribution >= 0.6 is 11.3 Å². The number of hydrogen-bond acceptors (Lipinski definition) is 18. The van der Waals surface area contributed by atoms with Crippen molar-refractivity contribution in [1.29, 1.82) is 0 Å². The van der Waals surface area contributed by atoms with Gasteiger partial charge in [0.2, 0.25) is 23.6 Å². The largest absolute Gasteiger partial charge is 0.444 e. The average Bonchev–Trinajstić information content (AvgIpc) is 4.49. The maximum atomic E-state index is 13.9. The van der Waals surface area contributed by atoms with Crippen molar-refractivity contribution in [2.24, 2.45) is 11.1 Å². The summed E-state index contributed by atoms with van der Waals surface area (Å²) in [5.41, 5.74) is 9.83. The molecule has 0 bridgehead atoms. The van der Waals surface area contributed by atoms with Crippen LogP contribution in [0.2, 0.25) is 0 Å². The average molecular weight is 1160 g/mol. The molecule has 82 heavy (non-hydrogen) atoms. The fourth-order valence-electron chi connectivity index (χ4n) is 8.24. The Bertz CT molecular complexity index is 3150. The molecule has 6 aromatic rings. The highest BCUT2D eigenvalue weighted by Crippen LogP contribution is 2.29. The Hall–Kier alpha value is -8.15. The summed E-state index contributed by atoms with van der Waals surface area (Å²) in [5.74, 6) is -3.73. The Morgan fingerprint density at radius 3 is 2.20 bits per heavy atom. The molecule has 24 nitrogen and oxygen atoms in total. The van der Waals surface area contributed by atoms with Gasteiger partial charge in [-0.3, -0.25) is 28.8 Å². The quantitative estimate of drug-likeness (QED) is 0.0337. The van der Waals surface area contributed by atoms with Crippen LogP contribution in [-0.2, 0) is 39.9 Å². The maximum Gasteiger partial charge on any atom is 0.405 e. The number of carbonyl (C=O) groups is 6.